The molecule has 2 saturated heterocycles. The number of aromatic amines is 1. The molecule has 0 unspecified atom stereocenters. The van der Waals surface area contributed by atoms with Crippen LogP contribution in [0.2, 0.25) is 0 Å². The summed E-state index contributed by atoms with van der Waals surface area (Å²) in [6.07, 6.45) is 3.61. The van der Waals surface area contributed by atoms with Crippen LogP contribution in [-0.4, -0.2) is 120 Å². The van der Waals surface area contributed by atoms with Crippen molar-refractivity contribution in [3.8, 4) is 0 Å². The van der Waals surface area contributed by atoms with Crippen LogP contribution in [0.4, 0.5) is 5.69 Å². The van der Waals surface area contributed by atoms with Gasteiger partial charge in [-0.1, -0.05) is 80.1 Å². The van der Waals surface area contributed by atoms with Crippen LogP contribution in [0, 0.1) is 0 Å². The molecule has 4 aromatic rings. The minimum Gasteiger partial charge on any atom is -0.371 e. The number of rotatable bonds is 14. The smallest absolute Gasteiger partial charge is 0.246 e. The first-order chi connectivity index (χ1) is 35.6. The van der Waals surface area contributed by atoms with Crippen molar-refractivity contribution in [3.05, 3.63) is 102 Å². The Balaban J connectivity index is 1.39. The van der Waals surface area contributed by atoms with Gasteiger partial charge in [-0.3, -0.25) is 43.3 Å². The van der Waals surface area contributed by atoms with Gasteiger partial charge in [-0.2, -0.15) is 0 Å². The molecule has 1 aromatic heterocycles. The van der Waals surface area contributed by atoms with E-state index in [9.17, 15) is 33.6 Å². The molecule has 21 heteroatoms. The van der Waals surface area contributed by atoms with E-state index in [0.29, 0.717) is 49.9 Å². The van der Waals surface area contributed by atoms with Crippen LogP contribution < -0.4 is 59.3 Å². The maximum Gasteiger partial charge on any atom is 0.246 e. The first-order valence-corrected chi connectivity index (χ1v) is 25.5. The molecule has 0 bridgehead atoms. The minimum absolute atomic E-state index is 0.0148. The first kappa shape index (κ1) is 55.3. The number of anilines is 1. The van der Waals surface area contributed by atoms with Crippen molar-refractivity contribution >= 4 is 69.8 Å². The van der Waals surface area contributed by atoms with Gasteiger partial charge < -0.3 is 64.3 Å². The summed E-state index contributed by atoms with van der Waals surface area (Å²) in [4.78, 5) is 123. The molecule has 0 radical (unpaired) electrons. The number of piperidine rings is 1. The number of aromatic nitrogens is 1. The van der Waals surface area contributed by atoms with E-state index >= 15 is 4.79 Å². The fourth-order valence-corrected chi connectivity index (χ4v) is 9.25. The molecule has 0 aliphatic carbocycles. The van der Waals surface area contributed by atoms with Crippen molar-refractivity contribution in [1.29, 1.82) is 0 Å². The Hall–Kier alpha value is -7.97. The van der Waals surface area contributed by atoms with Gasteiger partial charge in [0.15, 0.2) is 5.96 Å². The van der Waals surface area contributed by atoms with Crippen LogP contribution in [0.3, 0.4) is 0 Å². The van der Waals surface area contributed by atoms with Gasteiger partial charge in [0.05, 0.1) is 6.42 Å². The van der Waals surface area contributed by atoms with Crippen molar-refractivity contribution in [2.75, 3.05) is 31.1 Å². The zero-order valence-electron chi connectivity index (χ0n) is 42.0. The van der Waals surface area contributed by atoms with Gasteiger partial charge >= 0.3 is 0 Å². The van der Waals surface area contributed by atoms with E-state index in [2.05, 4.69) is 52.1 Å². The zero-order chi connectivity index (χ0) is 53.0. The van der Waals surface area contributed by atoms with Gasteiger partial charge in [-0.25, -0.2) is 0 Å². The number of H-pyrrole nitrogens is 1. The minimum atomic E-state index is -1.65. The third kappa shape index (κ3) is 16.0. The van der Waals surface area contributed by atoms with E-state index in [0.717, 1.165) is 16.6 Å². The fourth-order valence-electron chi connectivity index (χ4n) is 9.25. The first-order valence-electron chi connectivity index (χ1n) is 25.5. The van der Waals surface area contributed by atoms with Crippen LogP contribution in [0.1, 0.15) is 88.7 Å². The lowest BCUT2D eigenvalue weighted by molar-refractivity contribution is -0.139. The summed E-state index contributed by atoms with van der Waals surface area (Å²) in [5.41, 5.74) is 18.4. The van der Waals surface area contributed by atoms with Crippen molar-refractivity contribution in [1.82, 2.24) is 42.2 Å². The standard InChI is InChI=1S/C53H71N13O8/c1-2-3-23-44(67)60-43-32-45(68)57-26-13-12-21-39(46(54)69)61-49(72)42(31-35-33-59-38-20-11-10-19-37(35)38)63-47(70)40(22-14-27-58-52(55)56)62-48(71)41(30-34-15-6-4-7-16-34)64-51(74)53(65-50(43)73)24-28-66(29-25-53)36-17-8-5-9-18-36/h4-11,15-20,33,39-43,59H,2-3,12-14,21-32H2,1H3,(H2,54,69)(H,57,68)(H,60,67)(H,61,72)(H,62,71)(H,63,70)(H,64,74)(H,65,73)(H4,55,56,58)/t39-,40-,41+,42-,43-/m0/s1. The van der Waals surface area contributed by atoms with Crippen LogP contribution in [0.25, 0.3) is 10.9 Å². The molecule has 3 aromatic carbocycles. The van der Waals surface area contributed by atoms with Crippen molar-refractivity contribution in [2.24, 2.45) is 22.2 Å². The van der Waals surface area contributed by atoms with Crippen LogP contribution >= 0.6 is 0 Å². The summed E-state index contributed by atoms with van der Waals surface area (Å²) in [6.45, 7) is 2.74. The van der Waals surface area contributed by atoms with E-state index < -0.39 is 89.4 Å². The van der Waals surface area contributed by atoms with Crippen molar-refractivity contribution in [3.63, 3.8) is 0 Å². The number of aliphatic imine (C=N–C) groups is 1. The normalized spacial score (nSPS) is 21.7. The molecule has 5 atom stereocenters. The van der Waals surface area contributed by atoms with E-state index in [-0.39, 0.29) is 70.4 Å². The number of para-hydroxylation sites is 2. The second-order valence-electron chi connectivity index (χ2n) is 19.0. The van der Waals surface area contributed by atoms with Crippen molar-refractivity contribution < 1.29 is 38.4 Å². The summed E-state index contributed by atoms with van der Waals surface area (Å²) in [5, 5.41) is 20.6. The lowest BCUT2D eigenvalue weighted by atomic mass is 9.85. The molecular weight excluding hydrogens is 947 g/mol. The monoisotopic (exact) mass is 1020 g/mol. The number of fused-ring (bicyclic) bond motifs is 1. The predicted octanol–water partition coefficient (Wildman–Crippen LogP) is 0.952. The molecule has 74 heavy (non-hydrogen) atoms. The van der Waals surface area contributed by atoms with E-state index in [4.69, 9.17) is 17.2 Å². The molecule has 1 spiro atoms. The molecule has 0 saturated carbocycles. The molecule has 21 nitrogen and oxygen atoms in total. The van der Waals surface area contributed by atoms with Crippen LogP contribution in [0.15, 0.2) is 96.1 Å². The molecule has 14 N–H and O–H groups in total. The molecule has 8 amide bonds. The number of nitrogens with two attached hydrogens (primary N) is 3. The van der Waals surface area contributed by atoms with Crippen LogP contribution in [0.5, 0.6) is 0 Å². The number of primary amides is 1. The van der Waals surface area contributed by atoms with Crippen molar-refractivity contribution in [2.45, 2.75) is 126 Å². The highest BCUT2D eigenvalue weighted by molar-refractivity contribution is 6.00. The third-order valence-electron chi connectivity index (χ3n) is 13.5. The van der Waals surface area contributed by atoms with Gasteiger partial charge in [0.2, 0.25) is 47.3 Å². The molecule has 2 aliphatic heterocycles. The van der Waals surface area contributed by atoms with Crippen LogP contribution in [-0.2, 0) is 51.2 Å². The van der Waals surface area contributed by atoms with Gasteiger partial charge in [-0.15, -0.1) is 0 Å². The average Bonchev–Trinajstić information content (AvgIpc) is 3.80. The zero-order valence-corrected chi connectivity index (χ0v) is 42.0. The summed E-state index contributed by atoms with van der Waals surface area (Å²) in [5.74, 6) is -5.68. The number of nitrogens with zero attached hydrogens (tertiary/aromatic N) is 2. The Bertz CT molecular complexity index is 2600. The Kier molecular flexibility index (Phi) is 20.3. The van der Waals surface area contributed by atoms with Gasteiger partial charge in [0.1, 0.15) is 35.7 Å². The topological polar surface area (TPSA) is 330 Å². The summed E-state index contributed by atoms with van der Waals surface area (Å²) < 4.78 is 0. The van der Waals surface area contributed by atoms with Gasteiger partial charge in [-0.05, 0) is 80.7 Å². The number of amides is 8. The molecule has 3 heterocycles. The number of hydrogen-bond donors (Lipinski definition) is 11. The van der Waals surface area contributed by atoms with E-state index in [1.165, 1.54) is 0 Å². The number of benzene rings is 3. The number of nitrogens with one attached hydrogen (secondary N) is 8. The van der Waals surface area contributed by atoms with E-state index in [1.54, 1.807) is 36.5 Å². The number of carbonyl (C=O) groups is 8. The molecular formula is C53H71N13O8. The number of hydrogen-bond acceptors (Lipinski definition) is 10. The predicted molar refractivity (Wildman–Crippen MR) is 281 cm³/mol. The Morgan fingerprint density at radius 1 is 0.743 bits per heavy atom. The number of unbranched alkanes of at least 4 members (excludes halogenated alkanes) is 1. The maximum absolute atomic E-state index is 15.2. The Morgan fingerprint density at radius 2 is 1.39 bits per heavy atom. The van der Waals surface area contributed by atoms with Gasteiger partial charge in [0, 0.05) is 68.2 Å². The highest BCUT2D eigenvalue weighted by Crippen LogP contribution is 2.28. The second-order valence-corrected chi connectivity index (χ2v) is 19.0. The number of carbonyl (C=O) groups excluding carboxylic acids is 8. The lowest BCUT2D eigenvalue weighted by Crippen LogP contribution is -2.68. The summed E-state index contributed by atoms with van der Waals surface area (Å²) in [6, 6.07) is 19.4. The molecule has 2 fully saturated rings. The second kappa shape index (κ2) is 27.2. The van der Waals surface area contributed by atoms with Gasteiger partial charge in [0.25, 0.3) is 0 Å². The highest BCUT2D eigenvalue weighted by Gasteiger charge is 2.46. The highest BCUT2D eigenvalue weighted by atomic mass is 16.2. The quantitative estimate of drug-likeness (QED) is 0.0480. The molecule has 6 rings (SSSR count). The number of guanidine groups is 1. The molecule has 396 valence electrons. The largest absolute Gasteiger partial charge is 0.371 e. The SMILES string of the molecule is CCCCC(=O)N[C@H]1CC(=O)NCCCC[C@@H](C(N)=O)NC(=O)[C@H](Cc2c[nH]c3ccccc23)NC(=O)[C@H](CCCN=C(N)N)NC(=O)[C@@H](Cc2ccccc2)NC(=O)C2(CCN(c3ccccc3)CC2)NC1=O. The third-order valence-corrected chi connectivity index (χ3v) is 13.5. The summed E-state index contributed by atoms with van der Waals surface area (Å²) in [7, 11) is 0. The maximum atomic E-state index is 15.2. The molecule has 2 aliphatic rings. The Morgan fingerprint density at radius 3 is 2.09 bits per heavy atom. The average molecular weight is 1020 g/mol. The summed E-state index contributed by atoms with van der Waals surface area (Å²) >= 11 is 0. The fraction of sp³-hybridized carbons (Fsp3) is 0.453. The van der Waals surface area contributed by atoms with E-state index in [1.807, 2.05) is 61.5 Å². The lowest BCUT2D eigenvalue weighted by Gasteiger charge is -2.43. The Labute approximate surface area is 430 Å².